The van der Waals surface area contributed by atoms with Gasteiger partial charge in [0.05, 0.1) is 5.41 Å². The van der Waals surface area contributed by atoms with E-state index in [0.29, 0.717) is 31.8 Å². The van der Waals surface area contributed by atoms with Gasteiger partial charge in [0.2, 0.25) is 0 Å². The van der Waals surface area contributed by atoms with Crippen LogP contribution in [-0.4, -0.2) is 41.1 Å². The van der Waals surface area contributed by atoms with Gasteiger partial charge in [-0.05, 0) is 44.9 Å². The van der Waals surface area contributed by atoms with Crippen LogP contribution in [0.3, 0.4) is 0 Å². The van der Waals surface area contributed by atoms with Crippen molar-refractivity contribution in [2.45, 2.75) is 64.8 Å². The molecule has 0 aromatic heterocycles. The van der Waals surface area contributed by atoms with Gasteiger partial charge in [-0.3, -0.25) is 4.79 Å². The predicted octanol–water partition coefficient (Wildman–Crippen LogP) is 2.85. The molecule has 0 bridgehead atoms. The third-order valence-electron chi connectivity index (χ3n) is 5.25. The summed E-state index contributed by atoms with van der Waals surface area (Å²) in [5.74, 6) is -0.160. The summed E-state index contributed by atoms with van der Waals surface area (Å²) < 4.78 is 0. The summed E-state index contributed by atoms with van der Waals surface area (Å²) in [5, 5.41) is 12.6. The van der Waals surface area contributed by atoms with Gasteiger partial charge in [0.15, 0.2) is 0 Å². The maximum Gasteiger partial charge on any atom is 0.317 e. The lowest BCUT2D eigenvalue weighted by Crippen LogP contribution is -2.55. The Morgan fingerprint density at radius 1 is 1.38 bits per heavy atom. The molecule has 120 valence electrons. The topological polar surface area (TPSA) is 69.6 Å². The molecule has 2 atom stereocenters. The second kappa shape index (κ2) is 6.67. The molecule has 1 saturated heterocycles. The number of amides is 2. The molecule has 1 aliphatic carbocycles. The van der Waals surface area contributed by atoms with Crippen LogP contribution in [0.25, 0.3) is 0 Å². The van der Waals surface area contributed by atoms with Gasteiger partial charge in [0.1, 0.15) is 0 Å². The highest BCUT2D eigenvalue weighted by Crippen LogP contribution is 2.35. The first-order chi connectivity index (χ1) is 9.98. The molecule has 2 amide bonds. The van der Waals surface area contributed by atoms with Crippen LogP contribution in [-0.2, 0) is 4.79 Å². The van der Waals surface area contributed by atoms with E-state index in [-0.39, 0.29) is 12.1 Å². The first-order valence-corrected chi connectivity index (χ1v) is 8.27. The largest absolute Gasteiger partial charge is 0.481 e. The van der Waals surface area contributed by atoms with E-state index in [1.165, 1.54) is 19.3 Å². The quantitative estimate of drug-likeness (QED) is 0.819. The fourth-order valence-corrected chi connectivity index (χ4v) is 3.61. The average Bonchev–Trinajstić information content (AvgIpc) is 2.37. The number of rotatable bonds is 5. The number of carboxylic acids is 1. The molecule has 1 heterocycles. The van der Waals surface area contributed by atoms with Crippen LogP contribution in [0, 0.1) is 11.3 Å². The van der Waals surface area contributed by atoms with Crippen molar-refractivity contribution < 1.29 is 14.7 Å². The minimum absolute atomic E-state index is 0.0872. The summed E-state index contributed by atoms with van der Waals surface area (Å²) in [6.07, 6.45) is 6.57. The van der Waals surface area contributed by atoms with E-state index < -0.39 is 11.4 Å². The molecule has 2 fully saturated rings. The van der Waals surface area contributed by atoms with Crippen molar-refractivity contribution in [2.75, 3.05) is 13.1 Å². The van der Waals surface area contributed by atoms with Crippen molar-refractivity contribution in [1.29, 1.82) is 0 Å². The van der Waals surface area contributed by atoms with Crippen LogP contribution < -0.4 is 5.32 Å². The Hall–Kier alpha value is -1.26. The number of piperidine rings is 1. The standard InChI is InChI=1S/C16H28N2O3/c1-3-8-16(14(19)20)9-5-10-18(11-16)15(21)17-12(2)13-6-4-7-13/h12-13H,3-11H2,1-2H3,(H,17,21)(H,19,20). The van der Waals surface area contributed by atoms with E-state index in [1.54, 1.807) is 4.90 Å². The van der Waals surface area contributed by atoms with Crippen molar-refractivity contribution in [3.8, 4) is 0 Å². The number of carbonyl (C=O) groups excluding carboxylic acids is 1. The van der Waals surface area contributed by atoms with E-state index in [0.717, 1.165) is 12.8 Å². The van der Waals surface area contributed by atoms with Crippen LogP contribution in [0.1, 0.15) is 58.8 Å². The number of likely N-dealkylation sites (tertiary alicyclic amines) is 1. The van der Waals surface area contributed by atoms with Crippen LogP contribution >= 0.6 is 0 Å². The van der Waals surface area contributed by atoms with Crippen LogP contribution in [0.15, 0.2) is 0 Å². The summed E-state index contributed by atoms with van der Waals surface area (Å²) in [7, 11) is 0. The zero-order valence-electron chi connectivity index (χ0n) is 13.2. The van der Waals surface area contributed by atoms with E-state index in [9.17, 15) is 14.7 Å². The van der Waals surface area contributed by atoms with Gasteiger partial charge in [-0.2, -0.15) is 0 Å². The van der Waals surface area contributed by atoms with Gasteiger partial charge in [-0.1, -0.05) is 19.8 Å². The maximum atomic E-state index is 12.4. The lowest BCUT2D eigenvalue weighted by Gasteiger charge is -2.41. The second-order valence-electron chi connectivity index (χ2n) is 6.79. The van der Waals surface area contributed by atoms with Crippen molar-refractivity contribution in [3.63, 3.8) is 0 Å². The maximum absolute atomic E-state index is 12.4. The van der Waals surface area contributed by atoms with E-state index >= 15 is 0 Å². The highest BCUT2D eigenvalue weighted by atomic mass is 16.4. The third kappa shape index (κ3) is 3.50. The Bertz CT molecular complexity index is 391. The van der Waals surface area contributed by atoms with E-state index in [4.69, 9.17) is 0 Å². The van der Waals surface area contributed by atoms with Crippen LogP contribution in [0.2, 0.25) is 0 Å². The molecule has 0 aromatic carbocycles. The van der Waals surface area contributed by atoms with Crippen LogP contribution in [0.5, 0.6) is 0 Å². The number of hydrogen-bond donors (Lipinski definition) is 2. The highest BCUT2D eigenvalue weighted by molar-refractivity contribution is 5.79. The average molecular weight is 296 g/mol. The van der Waals surface area contributed by atoms with Crippen molar-refractivity contribution in [1.82, 2.24) is 10.2 Å². The lowest BCUT2D eigenvalue weighted by atomic mass is 9.76. The Labute approximate surface area is 127 Å². The SMILES string of the molecule is CCCC1(C(=O)O)CCCN(C(=O)NC(C)C2CCC2)C1. The molecule has 2 aliphatic rings. The number of urea groups is 1. The molecule has 2 rings (SSSR count). The number of hydrogen-bond acceptors (Lipinski definition) is 2. The molecule has 2 N–H and O–H groups in total. The Kier molecular flexibility index (Phi) is 5.12. The van der Waals surface area contributed by atoms with Gasteiger partial charge in [0, 0.05) is 19.1 Å². The molecular weight excluding hydrogens is 268 g/mol. The molecular formula is C16H28N2O3. The molecule has 0 spiro atoms. The summed E-state index contributed by atoms with van der Waals surface area (Å²) in [4.78, 5) is 25.8. The van der Waals surface area contributed by atoms with E-state index in [1.807, 2.05) is 6.92 Å². The Balaban J connectivity index is 1.95. The molecule has 1 saturated carbocycles. The van der Waals surface area contributed by atoms with Crippen LogP contribution in [0.4, 0.5) is 4.79 Å². The third-order valence-corrected chi connectivity index (χ3v) is 5.25. The van der Waals surface area contributed by atoms with Crippen molar-refractivity contribution in [3.05, 3.63) is 0 Å². The number of nitrogens with one attached hydrogen (secondary N) is 1. The zero-order valence-corrected chi connectivity index (χ0v) is 13.2. The number of nitrogens with zero attached hydrogens (tertiary/aromatic N) is 1. The highest BCUT2D eigenvalue weighted by Gasteiger charge is 2.43. The number of carboxylic acid groups (broad SMARTS) is 1. The lowest BCUT2D eigenvalue weighted by molar-refractivity contribution is -0.152. The summed E-state index contributed by atoms with van der Waals surface area (Å²) in [6, 6.07) is 0.106. The smallest absolute Gasteiger partial charge is 0.317 e. The molecule has 1 aliphatic heterocycles. The normalized spacial score (nSPS) is 27.8. The first-order valence-electron chi connectivity index (χ1n) is 8.27. The zero-order chi connectivity index (χ0) is 15.5. The predicted molar refractivity (Wildman–Crippen MR) is 81.1 cm³/mol. The van der Waals surface area contributed by atoms with Gasteiger partial charge in [-0.15, -0.1) is 0 Å². The Morgan fingerprint density at radius 2 is 2.10 bits per heavy atom. The van der Waals surface area contributed by atoms with Gasteiger partial charge < -0.3 is 15.3 Å². The summed E-state index contributed by atoms with van der Waals surface area (Å²) in [5.41, 5.74) is -0.746. The molecule has 21 heavy (non-hydrogen) atoms. The number of carbonyl (C=O) groups is 2. The minimum atomic E-state index is -0.756. The fourth-order valence-electron chi connectivity index (χ4n) is 3.61. The van der Waals surface area contributed by atoms with Gasteiger partial charge >= 0.3 is 12.0 Å². The second-order valence-corrected chi connectivity index (χ2v) is 6.79. The fraction of sp³-hybridized carbons (Fsp3) is 0.875. The molecule has 5 heteroatoms. The molecule has 0 aromatic rings. The molecule has 0 radical (unpaired) electrons. The van der Waals surface area contributed by atoms with Gasteiger partial charge in [-0.25, -0.2) is 4.79 Å². The minimum Gasteiger partial charge on any atom is -0.481 e. The van der Waals surface area contributed by atoms with E-state index in [2.05, 4.69) is 12.2 Å². The Morgan fingerprint density at radius 3 is 2.62 bits per heavy atom. The van der Waals surface area contributed by atoms with Gasteiger partial charge in [0.25, 0.3) is 0 Å². The molecule has 2 unspecified atom stereocenters. The first kappa shape index (κ1) is 16.1. The monoisotopic (exact) mass is 296 g/mol. The van der Waals surface area contributed by atoms with Crippen molar-refractivity contribution in [2.24, 2.45) is 11.3 Å². The molecule has 5 nitrogen and oxygen atoms in total. The number of aliphatic carboxylic acids is 1. The summed E-state index contributed by atoms with van der Waals surface area (Å²) in [6.45, 7) is 5.08. The van der Waals surface area contributed by atoms with Crippen molar-refractivity contribution >= 4 is 12.0 Å². The summed E-state index contributed by atoms with van der Waals surface area (Å²) >= 11 is 0.